The number of hydrogen-bond donors (Lipinski definition) is 0. The van der Waals surface area contributed by atoms with Crippen molar-refractivity contribution >= 4 is 11.6 Å². The molecule has 0 unspecified atom stereocenters. The third-order valence-corrected chi connectivity index (χ3v) is 4.94. The lowest BCUT2D eigenvalue weighted by molar-refractivity contribution is 0.0775. The summed E-state index contributed by atoms with van der Waals surface area (Å²) in [7, 11) is 3.66. The number of nitrogens with zero attached hydrogens (tertiary/aromatic N) is 8. The van der Waals surface area contributed by atoms with Gasteiger partial charge in [0.25, 0.3) is 5.91 Å². The lowest BCUT2D eigenvalue weighted by atomic mass is 10.2. The van der Waals surface area contributed by atoms with Crippen LogP contribution in [0.5, 0.6) is 0 Å². The molecule has 0 aliphatic carbocycles. The highest BCUT2D eigenvalue weighted by molar-refractivity contribution is 5.93. The van der Waals surface area contributed by atoms with E-state index in [4.69, 9.17) is 0 Å². The normalized spacial score (nSPS) is 11.3. The van der Waals surface area contributed by atoms with E-state index in [9.17, 15) is 4.79 Å². The first-order valence-electron chi connectivity index (χ1n) is 9.09. The molecule has 4 heterocycles. The van der Waals surface area contributed by atoms with E-state index in [1.165, 1.54) is 0 Å². The maximum absolute atomic E-state index is 12.9. The molecule has 0 N–H and O–H groups in total. The largest absolute Gasteiger partial charge is 0.334 e. The van der Waals surface area contributed by atoms with Gasteiger partial charge < -0.3 is 4.90 Å². The number of amides is 1. The fraction of sp³-hybridized carbons (Fsp3) is 0.316. The Morgan fingerprint density at radius 2 is 2.04 bits per heavy atom. The molecule has 0 spiro atoms. The van der Waals surface area contributed by atoms with Gasteiger partial charge in [0.1, 0.15) is 0 Å². The van der Waals surface area contributed by atoms with Crippen LogP contribution in [0.4, 0.5) is 0 Å². The van der Waals surface area contributed by atoms with Gasteiger partial charge in [-0.1, -0.05) is 0 Å². The van der Waals surface area contributed by atoms with Gasteiger partial charge in [-0.25, -0.2) is 9.50 Å². The quantitative estimate of drug-likeness (QED) is 0.530. The molecule has 4 aromatic rings. The van der Waals surface area contributed by atoms with Gasteiger partial charge in [0.2, 0.25) is 0 Å². The van der Waals surface area contributed by atoms with Crippen LogP contribution in [0.25, 0.3) is 16.9 Å². The third-order valence-electron chi connectivity index (χ3n) is 4.94. The van der Waals surface area contributed by atoms with E-state index in [1.54, 1.807) is 41.1 Å². The van der Waals surface area contributed by atoms with E-state index >= 15 is 0 Å². The Balaban J connectivity index is 1.67. The molecule has 0 saturated heterocycles. The Labute approximate surface area is 162 Å². The lowest BCUT2D eigenvalue weighted by Gasteiger charge is -2.16. The van der Waals surface area contributed by atoms with E-state index in [-0.39, 0.29) is 5.91 Å². The van der Waals surface area contributed by atoms with Crippen LogP contribution in [-0.2, 0) is 20.1 Å². The SMILES string of the molecule is CCn1nccc1CN(C)C(=O)c1cc2nccc(-c3cnn(C)c3C)n2n1. The summed E-state index contributed by atoms with van der Waals surface area (Å²) in [5.41, 5.74) is 4.77. The van der Waals surface area contributed by atoms with Crippen molar-refractivity contribution in [1.82, 2.24) is 39.1 Å². The molecule has 144 valence electrons. The number of fused-ring (bicyclic) bond motifs is 1. The maximum atomic E-state index is 12.9. The first-order chi connectivity index (χ1) is 13.5. The summed E-state index contributed by atoms with van der Waals surface area (Å²) in [6.45, 7) is 5.24. The van der Waals surface area contributed by atoms with E-state index in [0.717, 1.165) is 29.2 Å². The van der Waals surface area contributed by atoms with Crippen molar-refractivity contribution in [1.29, 1.82) is 0 Å². The number of aromatic nitrogens is 7. The van der Waals surface area contributed by atoms with Crippen molar-refractivity contribution in [3.05, 3.63) is 53.9 Å². The second kappa shape index (κ2) is 6.91. The summed E-state index contributed by atoms with van der Waals surface area (Å²) in [6, 6.07) is 5.51. The van der Waals surface area contributed by atoms with E-state index in [1.807, 2.05) is 42.4 Å². The number of hydrogen-bond acceptors (Lipinski definition) is 5. The molecule has 28 heavy (non-hydrogen) atoms. The summed E-state index contributed by atoms with van der Waals surface area (Å²) in [5, 5.41) is 13.1. The Kier molecular flexibility index (Phi) is 4.42. The lowest BCUT2D eigenvalue weighted by Crippen LogP contribution is -2.27. The van der Waals surface area contributed by atoms with E-state index < -0.39 is 0 Å². The molecule has 0 saturated carbocycles. The molecule has 0 aliphatic rings. The van der Waals surface area contributed by atoms with Gasteiger partial charge >= 0.3 is 0 Å². The van der Waals surface area contributed by atoms with Crippen LogP contribution < -0.4 is 0 Å². The van der Waals surface area contributed by atoms with Gasteiger partial charge in [0, 0.05) is 50.4 Å². The Bertz CT molecular complexity index is 1150. The van der Waals surface area contributed by atoms with Crippen LogP contribution in [-0.4, -0.2) is 52.0 Å². The van der Waals surface area contributed by atoms with Gasteiger partial charge in [-0.3, -0.25) is 14.2 Å². The van der Waals surface area contributed by atoms with Crippen molar-refractivity contribution in [2.24, 2.45) is 7.05 Å². The second-order valence-corrected chi connectivity index (χ2v) is 6.70. The maximum Gasteiger partial charge on any atom is 0.274 e. The zero-order valence-electron chi connectivity index (χ0n) is 16.4. The number of carbonyl (C=O) groups excluding carboxylic acids is 1. The molecule has 1 amide bonds. The molecule has 9 heteroatoms. The third kappa shape index (κ3) is 2.94. The van der Waals surface area contributed by atoms with Crippen molar-refractivity contribution in [3.8, 4) is 11.3 Å². The highest BCUT2D eigenvalue weighted by Gasteiger charge is 2.19. The zero-order valence-corrected chi connectivity index (χ0v) is 16.4. The first-order valence-corrected chi connectivity index (χ1v) is 9.09. The Morgan fingerprint density at radius 3 is 2.75 bits per heavy atom. The summed E-state index contributed by atoms with van der Waals surface area (Å²) < 4.78 is 5.38. The van der Waals surface area contributed by atoms with Crippen molar-refractivity contribution < 1.29 is 4.79 Å². The Morgan fingerprint density at radius 1 is 1.21 bits per heavy atom. The number of rotatable bonds is 5. The van der Waals surface area contributed by atoms with Crippen LogP contribution in [0.3, 0.4) is 0 Å². The number of carbonyl (C=O) groups is 1. The van der Waals surface area contributed by atoms with Gasteiger partial charge in [0.05, 0.1) is 24.1 Å². The minimum absolute atomic E-state index is 0.164. The zero-order chi connectivity index (χ0) is 19.8. The predicted molar refractivity (Wildman–Crippen MR) is 104 cm³/mol. The molecule has 0 bridgehead atoms. The van der Waals surface area contributed by atoms with Crippen LogP contribution in [0.1, 0.15) is 28.8 Å². The topological polar surface area (TPSA) is 86.1 Å². The average molecular weight is 378 g/mol. The molecule has 0 aromatic carbocycles. The fourth-order valence-electron chi connectivity index (χ4n) is 3.24. The molecular formula is C19H22N8O. The van der Waals surface area contributed by atoms with Crippen LogP contribution >= 0.6 is 0 Å². The summed E-state index contributed by atoms with van der Waals surface area (Å²) in [6.07, 6.45) is 5.26. The monoisotopic (exact) mass is 378 g/mol. The summed E-state index contributed by atoms with van der Waals surface area (Å²) >= 11 is 0. The molecule has 0 atom stereocenters. The minimum Gasteiger partial charge on any atom is -0.334 e. The van der Waals surface area contributed by atoms with Gasteiger partial charge in [-0.2, -0.15) is 15.3 Å². The summed E-state index contributed by atoms with van der Waals surface area (Å²) in [4.78, 5) is 18.9. The van der Waals surface area contributed by atoms with E-state index in [0.29, 0.717) is 17.9 Å². The van der Waals surface area contributed by atoms with Crippen LogP contribution in [0, 0.1) is 6.92 Å². The molecule has 0 fully saturated rings. The highest BCUT2D eigenvalue weighted by Crippen LogP contribution is 2.23. The predicted octanol–water partition coefficient (Wildman–Crippen LogP) is 1.93. The van der Waals surface area contributed by atoms with Crippen molar-refractivity contribution in [2.75, 3.05) is 7.05 Å². The van der Waals surface area contributed by atoms with Crippen LogP contribution in [0.2, 0.25) is 0 Å². The number of aryl methyl sites for hydroxylation is 2. The standard InChI is InChI=1S/C19H22N8O/c1-5-26-14(6-9-21-26)12-24(3)19(28)16-10-18-20-8-7-17(27(18)23-16)15-11-22-25(4)13(15)2/h6-11H,5,12H2,1-4H3. The fourth-order valence-corrected chi connectivity index (χ4v) is 3.24. The van der Waals surface area contributed by atoms with Crippen molar-refractivity contribution in [3.63, 3.8) is 0 Å². The smallest absolute Gasteiger partial charge is 0.274 e. The molecule has 4 rings (SSSR count). The molecule has 4 aromatic heterocycles. The summed E-state index contributed by atoms with van der Waals surface area (Å²) in [5.74, 6) is -0.164. The first kappa shape index (κ1) is 17.9. The second-order valence-electron chi connectivity index (χ2n) is 6.70. The molecular weight excluding hydrogens is 356 g/mol. The Hall–Kier alpha value is -3.49. The van der Waals surface area contributed by atoms with Gasteiger partial charge in [-0.15, -0.1) is 0 Å². The minimum atomic E-state index is -0.164. The van der Waals surface area contributed by atoms with Crippen LogP contribution in [0.15, 0.2) is 36.8 Å². The molecule has 9 nitrogen and oxygen atoms in total. The van der Waals surface area contributed by atoms with Gasteiger partial charge in [-0.05, 0) is 26.0 Å². The van der Waals surface area contributed by atoms with Crippen molar-refractivity contribution in [2.45, 2.75) is 26.9 Å². The average Bonchev–Trinajstić information content (AvgIpc) is 3.40. The molecule has 0 radical (unpaired) electrons. The highest BCUT2D eigenvalue weighted by atomic mass is 16.2. The van der Waals surface area contributed by atoms with E-state index in [2.05, 4.69) is 20.3 Å². The molecule has 0 aliphatic heterocycles. The van der Waals surface area contributed by atoms with Gasteiger partial charge in [0.15, 0.2) is 11.3 Å².